The van der Waals surface area contributed by atoms with Crippen LogP contribution in [0.4, 0.5) is 0 Å². The lowest BCUT2D eigenvalue weighted by Gasteiger charge is -2.42. The van der Waals surface area contributed by atoms with E-state index in [0.717, 1.165) is 17.7 Å². The molecule has 3 amide bonds. The molecule has 0 bridgehead atoms. The van der Waals surface area contributed by atoms with E-state index in [1.54, 1.807) is 17.5 Å². The zero-order valence-electron chi connectivity index (χ0n) is 19.3. The van der Waals surface area contributed by atoms with Crippen molar-refractivity contribution < 1.29 is 39.6 Å². The number of carboxylic acid groups (broad SMARTS) is 1. The fourth-order valence-corrected chi connectivity index (χ4v) is 5.97. The molecule has 0 aliphatic heterocycles. The number of carboxylic acids is 1. The summed E-state index contributed by atoms with van der Waals surface area (Å²) in [6.07, 6.45) is -1.48. The maximum atomic E-state index is 13.0. The van der Waals surface area contributed by atoms with Crippen LogP contribution in [0.5, 0.6) is 0 Å². The fourth-order valence-electron chi connectivity index (χ4n) is 5.22. The van der Waals surface area contributed by atoms with E-state index in [1.807, 2.05) is 0 Å². The number of carbonyl (C=O) groups excluding carboxylic acids is 4. The number of carbonyl (C=O) groups is 4. The minimum atomic E-state index is -2.18. The second-order valence-corrected chi connectivity index (χ2v) is 10.8. The van der Waals surface area contributed by atoms with Crippen LogP contribution in [0.3, 0.4) is 0 Å². The van der Waals surface area contributed by atoms with E-state index in [4.69, 9.17) is 5.73 Å². The van der Waals surface area contributed by atoms with Crippen LogP contribution < -0.4 is 21.5 Å². The van der Waals surface area contributed by atoms with E-state index < -0.39 is 71.8 Å². The Balaban J connectivity index is 1.67. The molecule has 0 saturated heterocycles. The van der Waals surface area contributed by atoms with Gasteiger partial charge in [-0.25, -0.2) is 0 Å². The number of nitrogens with two attached hydrogens (primary N) is 1. The van der Waals surface area contributed by atoms with Crippen molar-refractivity contribution in [3.05, 3.63) is 22.4 Å². The Hall–Kier alpha value is -2.54. The topological polar surface area (TPSA) is 202 Å². The van der Waals surface area contributed by atoms with Crippen LogP contribution in [-0.2, 0) is 25.6 Å². The van der Waals surface area contributed by atoms with Crippen molar-refractivity contribution in [3.63, 3.8) is 0 Å². The predicted molar refractivity (Wildman–Crippen MR) is 122 cm³/mol. The van der Waals surface area contributed by atoms with Crippen LogP contribution in [0.15, 0.2) is 17.5 Å². The van der Waals surface area contributed by atoms with Gasteiger partial charge in [-0.1, -0.05) is 18.9 Å². The van der Waals surface area contributed by atoms with Gasteiger partial charge in [-0.2, -0.15) is 0 Å². The standard InChI is InChI=1S/C23H33N3O8S/c24-20(32)14(8-13-4-3-7-35-13)26-21(33)23(34)9-15(19(31)16(27)10-23)25-17(28)11-22(12-18(29)30)5-1-2-6-22/h3-4,7,14-16,19,27,31,34H,1-2,5-6,8-12H2,(H2,24,32)(H,25,28)(H,26,33)(H,29,30)/p-1/t14-,15-,16+,19+,23-/m0/s1. The van der Waals surface area contributed by atoms with Crippen molar-refractivity contribution in [2.24, 2.45) is 11.1 Å². The fraction of sp³-hybridized carbons (Fsp3) is 0.652. The molecule has 1 heterocycles. The van der Waals surface area contributed by atoms with Crippen molar-refractivity contribution in [2.45, 2.75) is 87.7 Å². The summed E-state index contributed by atoms with van der Waals surface area (Å²) in [5, 5.41) is 49.8. The summed E-state index contributed by atoms with van der Waals surface area (Å²) in [6.45, 7) is 0. The van der Waals surface area contributed by atoms with E-state index >= 15 is 0 Å². The highest BCUT2D eigenvalue weighted by Crippen LogP contribution is 2.44. The van der Waals surface area contributed by atoms with E-state index in [2.05, 4.69) is 10.6 Å². The van der Waals surface area contributed by atoms with Crippen LogP contribution in [0.25, 0.3) is 0 Å². The summed E-state index contributed by atoms with van der Waals surface area (Å²) < 4.78 is 0. The molecule has 35 heavy (non-hydrogen) atoms. The number of aliphatic hydroxyl groups excluding tert-OH is 2. The van der Waals surface area contributed by atoms with Crippen LogP contribution in [0, 0.1) is 5.41 Å². The van der Waals surface area contributed by atoms with E-state index in [-0.39, 0.29) is 19.3 Å². The molecule has 5 atom stereocenters. The first-order valence-corrected chi connectivity index (χ1v) is 12.5. The largest absolute Gasteiger partial charge is 0.550 e. The Labute approximate surface area is 206 Å². The van der Waals surface area contributed by atoms with Gasteiger partial charge in [-0.3, -0.25) is 14.4 Å². The van der Waals surface area contributed by atoms with E-state index in [1.165, 1.54) is 11.3 Å². The number of aliphatic carboxylic acids is 1. The summed E-state index contributed by atoms with van der Waals surface area (Å²) >= 11 is 1.37. The predicted octanol–water partition coefficient (Wildman–Crippen LogP) is -1.92. The maximum absolute atomic E-state index is 13.0. The van der Waals surface area contributed by atoms with Gasteiger partial charge in [-0.05, 0) is 36.1 Å². The second-order valence-electron chi connectivity index (χ2n) is 9.82. The molecule has 2 aliphatic rings. The highest BCUT2D eigenvalue weighted by molar-refractivity contribution is 7.09. The third-order valence-electron chi connectivity index (χ3n) is 7.03. The van der Waals surface area contributed by atoms with Gasteiger partial charge in [-0.15, -0.1) is 11.3 Å². The Morgan fingerprint density at radius 1 is 1.17 bits per heavy atom. The number of hydrogen-bond acceptors (Lipinski definition) is 9. The molecule has 1 aromatic heterocycles. The minimum Gasteiger partial charge on any atom is -0.550 e. The minimum absolute atomic E-state index is 0.116. The summed E-state index contributed by atoms with van der Waals surface area (Å²) in [7, 11) is 0. The molecule has 2 saturated carbocycles. The lowest BCUT2D eigenvalue weighted by molar-refractivity contribution is -0.308. The summed E-state index contributed by atoms with van der Waals surface area (Å²) in [5.74, 6) is -3.55. The molecule has 0 spiro atoms. The van der Waals surface area contributed by atoms with E-state index in [9.17, 15) is 39.6 Å². The third-order valence-corrected chi connectivity index (χ3v) is 7.93. The van der Waals surface area contributed by atoms with Gasteiger partial charge < -0.3 is 41.6 Å². The smallest absolute Gasteiger partial charge is 0.252 e. The SMILES string of the molecule is NC(=O)[C@H](Cc1cccs1)NC(=O)[C@@]1(O)C[C@@H](O)[C@H](O)[C@@H](NC(=O)CC2(CC(=O)[O-])CCCC2)C1. The second kappa shape index (κ2) is 11.0. The van der Waals surface area contributed by atoms with Gasteiger partial charge in [0.05, 0.1) is 12.1 Å². The highest BCUT2D eigenvalue weighted by atomic mass is 32.1. The molecular formula is C23H32N3O8S-. The molecule has 2 fully saturated rings. The molecule has 7 N–H and O–H groups in total. The number of nitrogens with one attached hydrogen (secondary N) is 2. The lowest BCUT2D eigenvalue weighted by atomic mass is 9.76. The molecule has 1 aromatic rings. The maximum Gasteiger partial charge on any atom is 0.252 e. The van der Waals surface area contributed by atoms with E-state index in [0.29, 0.717) is 12.8 Å². The van der Waals surface area contributed by atoms with Crippen LogP contribution in [0.1, 0.15) is 56.2 Å². The normalized spacial score (nSPS) is 28.7. The van der Waals surface area contributed by atoms with Gasteiger partial charge >= 0.3 is 0 Å². The monoisotopic (exact) mass is 510 g/mol. The number of hydrogen-bond donors (Lipinski definition) is 6. The van der Waals surface area contributed by atoms with Gasteiger partial charge in [0, 0.05) is 36.5 Å². The third kappa shape index (κ3) is 6.78. The van der Waals surface area contributed by atoms with Crippen molar-refractivity contribution in [3.8, 4) is 0 Å². The van der Waals surface area contributed by atoms with Crippen molar-refractivity contribution >= 4 is 35.0 Å². The summed E-state index contributed by atoms with van der Waals surface area (Å²) in [4.78, 5) is 49.6. The average molecular weight is 511 g/mol. The number of rotatable bonds is 10. The van der Waals surface area contributed by atoms with Crippen molar-refractivity contribution in [2.75, 3.05) is 0 Å². The quantitative estimate of drug-likeness (QED) is 0.209. The molecule has 194 valence electrons. The average Bonchev–Trinajstić information content (AvgIpc) is 3.42. The molecule has 11 nitrogen and oxygen atoms in total. The first-order chi connectivity index (χ1) is 16.4. The number of aliphatic hydroxyl groups is 3. The molecular weight excluding hydrogens is 478 g/mol. The van der Waals surface area contributed by atoms with Crippen LogP contribution in [0.2, 0.25) is 0 Å². The Morgan fingerprint density at radius 2 is 1.86 bits per heavy atom. The summed E-state index contributed by atoms with van der Waals surface area (Å²) in [6, 6.07) is 1.27. The highest BCUT2D eigenvalue weighted by Gasteiger charge is 2.50. The van der Waals surface area contributed by atoms with Gasteiger partial charge in [0.25, 0.3) is 5.91 Å². The summed E-state index contributed by atoms with van der Waals surface area (Å²) in [5.41, 5.74) is 2.49. The first kappa shape index (κ1) is 27.1. The molecule has 3 rings (SSSR count). The van der Waals surface area contributed by atoms with Gasteiger partial charge in [0.1, 0.15) is 17.7 Å². The molecule has 0 radical (unpaired) electrons. The Morgan fingerprint density at radius 3 is 2.43 bits per heavy atom. The molecule has 2 aliphatic carbocycles. The van der Waals surface area contributed by atoms with Crippen LogP contribution >= 0.6 is 11.3 Å². The zero-order chi connectivity index (χ0) is 25.8. The van der Waals surface area contributed by atoms with Gasteiger partial charge in [0.15, 0.2) is 0 Å². The number of amides is 3. The van der Waals surface area contributed by atoms with Crippen LogP contribution in [-0.4, -0.2) is 68.9 Å². The molecule has 0 unspecified atom stereocenters. The lowest BCUT2D eigenvalue weighted by Crippen LogP contribution is -2.64. The van der Waals surface area contributed by atoms with Crippen molar-refractivity contribution in [1.82, 2.24) is 10.6 Å². The van der Waals surface area contributed by atoms with Crippen molar-refractivity contribution in [1.29, 1.82) is 0 Å². The Kier molecular flexibility index (Phi) is 8.52. The first-order valence-electron chi connectivity index (χ1n) is 11.6. The Bertz CT molecular complexity index is 933. The van der Waals surface area contributed by atoms with Gasteiger partial charge in [0.2, 0.25) is 11.8 Å². The molecule has 12 heteroatoms. The zero-order valence-corrected chi connectivity index (χ0v) is 20.1. The number of primary amides is 1. The molecule has 0 aromatic carbocycles. The number of thiophene rings is 1.